The van der Waals surface area contributed by atoms with Crippen LogP contribution in [0.4, 0.5) is 4.39 Å². The molecule has 0 N–H and O–H groups in total. The van der Waals surface area contributed by atoms with Gasteiger partial charge in [0.05, 0.1) is 11.5 Å². The van der Waals surface area contributed by atoms with Gasteiger partial charge in [0, 0.05) is 35.8 Å². The van der Waals surface area contributed by atoms with E-state index in [9.17, 15) is 9.18 Å². The van der Waals surface area contributed by atoms with Gasteiger partial charge in [-0.05, 0) is 30.9 Å². The number of hydrogen-bond acceptors (Lipinski definition) is 3. The van der Waals surface area contributed by atoms with Gasteiger partial charge < -0.3 is 9.64 Å². The average Bonchev–Trinajstić information content (AvgIpc) is 2.88. The number of fused-ring (bicyclic) bond motifs is 1. The fourth-order valence-corrected chi connectivity index (χ4v) is 4.17. The molecule has 5 heteroatoms. The number of rotatable bonds is 3. The largest absolute Gasteiger partial charge is 0.380 e. The second-order valence-corrected chi connectivity index (χ2v) is 6.98. The van der Waals surface area contributed by atoms with Crippen LogP contribution in [0.15, 0.2) is 18.2 Å². The van der Waals surface area contributed by atoms with Gasteiger partial charge >= 0.3 is 0 Å². The highest BCUT2D eigenvalue weighted by molar-refractivity contribution is 7.21. The lowest BCUT2D eigenvalue weighted by Gasteiger charge is -2.30. The Balaban J connectivity index is 2.00. The van der Waals surface area contributed by atoms with Crippen LogP contribution in [-0.4, -0.2) is 31.0 Å². The zero-order chi connectivity index (χ0) is 15.7. The molecule has 3 rings (SSSR count). The maximum atomic E-state index is 14.2. The quantitative estimate of drug-likeness (QED) is 0.853. The summed E-state index contributed by atoms with van der Waals surface area (Å²) in [6.45, 7) is 4.03. The Labute approximate surface area is 133 Å². The molecule has 22 heavy (non-hydrogen) atoms. The van der Waals surface area contributed by atoms with Crippen LogP contribution in [0.25, 0.3) is 10.1 Å². The first-order chi connectivity index (χ1) is 10.6. The van der Waals surface area contributed by atoms with Gasteiger partial charge in [-0.2, -0.15) is 0 Å². The normalized spacial score (nSPS) is 16.4. The molecule has 0 bridgehead atoms. The minimum atomic E-state index is -0.285. The first-order valence-electron chi connectivity index (χ1n) is 7.60. The van der Waals surface area contributed by atoms with Crippen molar-refractivity contribution in [1.29, 1.82) is 0 Å². The fourth-order valence-electron chi connectivity index (χ4n) is 2.98. The van der Waals surface area contributed by atoms with E-state index >= 15 is 0 Å². The highest BCUT2D eigenvalue weighted by Gasteiger charge is 2.26. The Morgan fingerprint density at radius 1 is 1.41 bits per heavy atom. The maximum absolute atomic E-state index is 14.2. The van der Waals surface area contributed by atoms with Gasteiger partial charge in [0.2, 0.25) is 0 Å². The lowest BCUT2D eigenvalue weighted by molar-refractivity contribution is 0.0698. The Kier molecular flexibility index (Phi) is 4.45. The van der Waals surface area contributed by atoms with Gasteiger partial charge in [0.15, 0.2) is 0 Å². The van der Waals surface area contributed by atoms with E-state index < -0.39 is 0 Å². The van der Waals surface area contributed by atoms with Crippen molar-refractivity contribution in [3.8, 4) is 0 Å². The smallest absolute Gasteiger partial charge is 0.264 e. The molecule has 118 valence electrons. The maximum Gasteiger partial charge on any atom is 0.264 e. The lowest BCUT2D eigenvalue weighted by Crippen LogP contribution is -2.37. The molecular weight excluding hydrogens is 301 g/mol. The van der Waals surface area contributed by atoms with Crippen molar-refractivity contribution >= 4 is 27.3 Å². The molecule has 0 aliphatic carbocycles. The monoisotopic (exact) mass is 321 g/mol. The zero-order valence-electron chi connectivity index (χ0n) is 12.9. The van der Waals surface area contributed by atoms with Crippen molar-refractivity contribution in [1.82, 2.24) is 4.90 Å². The third kappa shape index (κ3) is 2.75. The highest BCUT2D eigenvalue weighted by Crippen LogP contribution is 2.35. The van der Waals surface area contributed by atoms with E-state index in [1.165, 1.54) is 17.4 Å². The second-order valence-electron chi connectivity index (χ2n) is 5.93. The van der Waals surface area contributed by atoms with E-state index in [0.29, 0.717) is 21.7 Å². The first-order valence-corrected chi connectivity index (χ1v) is 8.41. The molecule has 1 saturated heterocycles. The molecule has 2 aromatic rings. The third-order valence-electron chi connectivity index (χ3n) is 4.32. The summed E-state index contributed by atoms with van der Waals surface area (Å²) in [5, 5.41) is 0.531. The number of thiophene rings is 1. The van der Waals surface area contributed by atoms with Crippen LogP contribution in [-0.2, 0) is 11.3 Å². The Morgan fingerprint density at radius 2 is 2.14 bits per heavy atom. The fraction of sp³-hybridized carbons (Fsp3) is 0.471. The molecule has 1 aromatic heterocycles. The Bertz CT molecular complexity index is 689. The molecule has 0 radical (unpaired) electrons. The van der Waals surface area contributed by atoms with Crippen molar-refractivity contribution in [2.45, 2.75) is 26.4 Å². The molecule has 1 amide bonds. The van der Waals surface area contributed by atoms with Crippen molar-refractivity contribution in [3.63, 3.8) is 0 Å². The number of halogens is 1. The van der Waals surface area contributed by atoms with Gasteiger partial charge in [0.25, 0.3) is 5.91 Å². The topological polar surface area (TPSA) is 29.5 Å². The van der Waals surface area contributed by atoms with Crippen LogP contribution < -0.4 is 0 Å². The van der Waals surface area contributed by atoms with E-state index in [4.69, 9.17) is 4.74 Å². The van der Waals surface area contributed by atoms with Crippen LogP contribution in [0.3, 0.4) is 0 Å². The number of carbonyl (C=O) groups excluding carboxylic acids is 1. The van der Waals surface area contributed by atoms with Crippen molar-refractivity contribution in [2.24, 2.45) is 5.92 Å². The molecule has 0 unspecified atom stereocenters. The van der Waals surface area contributed by atoms with Crippen LogP contribution in [0.1, 0.15) is 35.0 Å². The molecule has 1 aromatic carbocycles. The summed E-state index contributed by atoms with van der Waals surface area (Å²) in [5.74, 6) is 0.397. The molecule has 0 atom stereocenters. The predicted octanol–water partition coefficient (Wildman–Crippen LogP) is 4.06. The molecular formula is C17H20FNO2S. The van der Waals surface area contributed by atoms with Gasteiger partial charge in [-0.1, -0.05) is 13.0 Å². The summed E-state index contributed by atoms with van der Waals surface area (Å²) >= 11 is 1.37. The van der Waals surface area contributed by atoms with Crippen LogP contribution in [0.2, 0.25) is 0 Å². The van der Waals surface area contributed by atoms with Crippen molar-refractivity contribution in [3.05, 3.63) is 34.5 Å². The van der Waals surface area contributed by atoms with Gasteiger partial charge in [0.1, 0.15) is 5.82 Å². The van der Waals surface area contributed by atoms with Crippen molar-refractivity contribution < 1.29 is 13.9 Å². The Hall–Kier alpha value is -1.46. The number of carbonyl (C=O) groups is 1. The molecule has 0 saturated carbocycles. The molecule has 2 heterocycles. The summed E-state index contributed by atoms with van der Waals surface area (Å²) < 4.78 is 20.2. The summed E-state index contributed by atoms with van der Waals surface area (Å²) in [6.07, 6.45) is 2.06. The standard InChI is InChI=1S/C17H20FNO2S/c1-11-6-8-19(9-7-11)17(20)16-12(10-21-2)15-13(18)4-3-5-14(15)22-16/h3-5,11H,6-10H2,1-2H3. The molecule has 3 nitrogen and oxygen atoms in total. The Morgan fingerprint density at radius 3 is 2.82 bits per heavy atom. The van der Waals surface area contributed by atoms with Crippen LogP contribution >= 0.6 is 11.3 Å². The highest BCUT2D eigenvalue weighted by atomic mass is 32.1. The molecule has 1 aliphatic heterocycles. The first kappa shape index (κ1) is 15.4. The van der Waals surface area contributed by atoms with E-state index in [-0.39, 0.29) is 18.3 Å². The number of methoxy groups -OCH3 is 1. The number of ether oxygens (including phenoxy) is 1. The third-order valence-corrected chi connectivity index (χ3v) is 5.50. The number of nitrogens with zero attached hydrogens (tertiary/aromatic N) is 1. The lowest BCUT2D eigenvalue weighted by atomic mass is 9.99. The van der Waals surface area contributed by atoms with E-state index in [1.807, 2.05) is 11.0 Å². The molecule has 1 aliphatic rings. The minimum absolute atomic E-state index is 0.0135. The summed E-state index contributed by atoms with van der Waals surface area (Å²) in [6, 6.07) is 4.98. The van der Waals surface area contributed by atoms with Gasteiger partial charge in [-0.25, -0.2) is 4.39 Å². The zero-order valence-corrected chi connectivity index (χ0v) is 13.7. The average molecular weight is 321 g/mol. The van der Waals surface area contributed by atoms with Crippen molar-refractivity contribution in [2.75, 3.05) is 20.2 Å². The SMILES string of the molecule is COCc1c(C(=O)N2CCC(C)CC2)sc2cccc(F)c12. The van der Waals surface area contributed by atoms with E-state index in [2.05, 4.69) is 6.92 Å². The summed E-state index contributed by atoms with van der Waals surface area (Å²) in [5.41, 5.74) is 0.684. The van der Waals surface area contributed by atoms with Crippen LogP contribution in [0.5, 0.6) is 0 Å². The summed E-state index contributed by atoms with van der Waals surface area (Å²) in [7, 11) is 1.57. The predicted molar refractivity (Wildman–Crippen MR) is 86.8 cm³/mol. The number of benzene rings is 1. The number of hydrogen-bond donors (Lipinski definition) is 0. The van der Waals surface area contributed by atoms with Crippen LogP contribution in [0, 0.1) is 11.7 Å². The second kappa shape index (κ2) is 6.34. The molecule has 0 spiro atoms. The number of likely N-dealkylation sites (tertiary alicyclic amines) is 1. The summed E-state index contributed by atoms with van der Waals surface area (Å²) in [4.78, 5) is 15.4. The van der Waals surface area contributed by atoms with Gasteiger partial charge in [-0.15, -0.1) is 11.3 Å². The van der Waals surface area contributed by atoms with Gasteiger partial charge in [-0.3, -0.25) is 4.79 Å². The van der Waals surface area contributed by atoms with E-state index in [1.54, 1.807) is 13.2 Å². The molecule has 1 fully saturated rings. The number of piperidine rings is 1. The minimum Gasteiger partial charge on any atom is -0.380 e. The van der Waals surface area contributed by atoms with E-state index in [0.717, 1.165) is 30.6 Å². The number of amides is 1.